The second-order valence-electron chi connectivity index (χ2n) is 5.76. The standard InChI is InChI=1S/C21H22N4O/c22-21(24-14-12-18-8-4-5-13-23-18)25-16-17-7-6-11-20(15-17)26-19-9-2-1-3-10-19/h1-11,13,15H,12,14,16H2,(H3,22,24,25). The molecule has 132 valence electrons. The van der Waals surface area contributed by atoms with E-state index in [1.54, 1.807) is 6.20 Å². The minimum atomic E-state index is 0.426. The van der Waals surface area contributed by atoms with Gasteiger partial charge in [-0.25, -0.2) is 4.99 Å². The number of para-hydroxylation sites is 1. The highest BCUT2D eigenvalue weighted by atomic mass is 16.5. The maximum atomic E-state index is 5.93. The van der Waals surface area contributed by atoms with Crippen molar-refractivity contribution in [2.24, 2.45) is 10.7 Å². The van der Waals surface area contributed by atoms with Crippen LogP contribution in [0.5, 0.6) is 11.5 Å². The lowest BCUT2D eigenvalue weighted by Gasteiger charge is -2.08. The fourth-order valence-electron chi connectivity index (χ4n) is 2.43. The lowest BCUT2D eigenvalue weighted by molar-refractivity contribution is 0.482. The van der Waals surface area contributed by atoms with Gasteiger partial charge in [-0.3, -0.25) is 4.98 Å². The summed E-state index contributed by atoms with van der Waals surface area (Å²) < 4.78 is 5.84. The zero-order valence-corrected chi connectivity index (χ0v) is 14.5. The van der Waals surface area contributed by atoms with Crippen LogP contribution >= 0.6 is 0 Å². The molecule has 0 saturated heterocycles. The summed E-state index contributed by atoms with van der Waals surface area (Å²) in [7, 11) is 0. The van der Waals surface area contributed by atoms with Crippen LogP contribution in [0.25, 0.3) is 0 Å². The average molecular weight is 346 g/mol. The Morgan fingerprint density at radius 1 is 0.962 bits per heavy atom. The van der Waals surface area contributed by atoms with Gasteiger partial charge in [-0.1, -0.05) is 36.4 Å². The van der Waals surface area contributed by atoms with Crippen molar-refractivity contribution in [3.05, 3.63) is 90.3 Å². The van der Waals surface area contributed by atoms with Crippen LogP contribution < -0.4 is 15.8 Å². The predicted octanol–water partition coefficient (Wildman–Crippen LogP) is 3.52. The van der Waals surface area contributed by atoms with Gasteiger partial charge in [-0.15, -0.1) is 0 Å². The van der Waals surface area contributed by atoms with Crippen molar-refractivity contribution >= 4 is 5.96 Å². The molecule has 0 unspecified atom stereocenters. The first kappa shape index (κ1) is 17.5. The Morgan fingerprint density at radius 2 is 1.77 bits per heavy atom. The molecule has 0 bridgehead atoms. The summed E-state index contributed by atoms with van der Waals surface area (Å²) in [6, 6.07) is 23.4. The number of hydrogen-bond donors (Lipinski definition) is 2. The van der Waals surface area contributed by atoms with E-state index in [1.807, 2.05) is 72.8 Å². The van der Waals surface area contributed by atoms with Crippen molar-refractivity contribution in [1.82, 2.24) is 10.3 Å². The first-order valence-electron chi connectivity index (χ1n) is 8.55. The van der Waals surface area contributed by atoms with E-state index in [0.717, 1.165) is 29.2 Å². The minimum absolute atomic E-state index is 0.426. The Morgan fingerprint density at radius 3 is 2.58 bits per heavy atom. The Bertz CT molecular complexity index is 835. The van der Waals surface area contributed by atoms with Gasteiger partial charge in [0.1, 0.15) is 11.5 Å². The molecule has 0 aliphatic heterocycles. The third-order valence-electron chi connectivity index (χ3n) is 3.72. The van der Waals surface area contributed by atoms with Gasteiger partial charge < -0.3 is 15.8 Å². The molecular formula is C21H22N4O. The summed E-state index contributed by atoms with van der Waals surface area (Å²) in [5.41, 5.74) is 8.00. The molecule has 26 heavy (non-hydrogen) atoms. The molecule has 0 radical (unpaired) electrons. The van der Waals surface area contributed by atoms with Crippen molar-refractivity contribution in [1.29, 1.82) is 0 Å². The van der Waals surface area contributed by atoms with Gasteiger partial charge in [-0.05, 0) is 42.0 Å². The van der Waals surface area contributed by atoms with Crippen LogP contribution in [-0.4, -0.2) is 17.5 Å². The normalized spacial score (nSPS) is 11.2. The Labute approximate surface area is 153 Å². The van der Waals surface area contributed by atoms with Crippen LogP contribution in [0.2, 0.25) is 0 Å². The molecule has 0 amide bonds. The molecule has 2 aromatic carbocycles. The molecule has 3 N–H and O–H groups in total. The van der Waals surface area contributed by atoms with Gasteiger partial charge in [0.15, 0.2) is 5.96 Å². The number of nitrogens with one attached hydrogen (secondary N) is 1. The summed E-state index contributed by atoms with van der Waals surface area (Å²) in [4.78, 5) is 8.66. The van der Waals surface area contributed by atoms with Crippen molar-refractivity contribution in [3.8, 4) is 11.5 Å². The predicted molar refractivity (Wildman–Crippen MR) is 104 cm³/mol. The van der Waals surface area contributed by atoms with E-state index in [0.29, 0.717) is 19.0 Å². The molecular weight excluding hydrogens is 324 g/mol. The third-order valence-corrected chi connectivity index (χ3v) is 3.72. The van der Waals surface area contributed by atoms with Crippen molar-refractivity contribution < 1.29 is 4.74 Å². The summed E-state index contributed by atoms with van der Waals surface area (Å²) >= 11 is 0. The number of nitrogens with zero attached hydrogens (tertiary/aromatic N) is 2. The largest absolute Gasteiger partial charge is 0.457 e. The number of ether oxygens (including phenoxy) is 1. The maximum Gasteiger partial charge on any atom is 0.188 e. The van der Waals surface area contributed by atoms with E-state index < -0.39 is 0 Å². The van der Waals surface area contributed by atoms with E-state index in [1.165, 1.54) is 0 Å². The Kier molecular flexibility index (Phi) is 6.20. The second kappa shape index (κ2) is 9.22. The lowest BCUT2D eigenvalue weighted by atomic mass is 10.2. The number of rotatable bonds is 7. The topological polar surface area (TPSA) is 72.5 Å². The molecule has 5 nitrogen and oxygen atoms in total. The minimum Gasteiger partial charge on any atom is -0.457 e. The van der Waals surface area contributed by atoms with Crippen LogP contribution in [-0.2, 0) is 13.0 Å². The van der Waals surface area contributed by atoms with Crippen molar-refractivity contribution in [2.45, 2.75) is 13.0 Å². The molecule has 1 aromatic heterocycles. The fourth-order valence-corrected chi connectivity index (χ4v) is 2.43. The summed E-state index contributed by atoms with van der Waals surface area (Å²) in [5, 5.41) is 3.11. The smallest absolute Gasteiger partial charge is 0.188 e. The molecule has 0 atom stereocenters. The van der Waals surface area contributed by atoms with Crippen LogP contribution in [0.1, 0.15) is 11.3 Å². The molecule has 1 heterocycles. The lowest BCUT2D eigenvalue weighted by Crippen LogP contribution is -2.33. The molecule has 0 saturated carbocycles. The maximum absolute atomic E-state index is 5.93. The second-order valence-corrected chi connectivity index (χ2v) is 5.76. The van der Waals surface area contributed by atoms with Gasteiger partial charge in [0.2, 0.25) is 0 Å². The van der Waals surface area contributed by atoms with E-state index in [4.69, 9.17) is 10.5 Å². The van der Waals surface area contributed by atoms with Crippen LogP contribution in [0.3, 0.4) is 0 Å². The number of aliphatic imine (C=N–C) groups is 1. The number of hydrogen-bond acceptors (Lipinski definition) is 3. The highest BCUT2D eigenvalue weighted by Gasteiger charge is 2.00. The Balaban J connectivity index is 1.50. The van der Waals surface area contributed by atoms with E-state index in [-0.39, 0.29) is 0 Å². The first-order chi connectivity index (χ1) is 12.8. The van der Waals surface area contributed by atoms with Crippen LogP contribution in [0, 0.1) is 0 Å². The highest BCUT2D eigenvalue weighted by molar-refractivity contribution is 5.77. The van der Waals surface area contributed by atoms with Crippen molar-refractivity contribution in [2.75, 3.05) is 6.54 Å². The van der Waals surface area contributed by atoms with E-state index in [9.17, 15) is 0 Å². The molecule has 0 aliphatic rings. The monoisotopic (exact) mass is 346 g/mol. The summed E-state index contributed by atoms with van der Waals surface area (Å²) in [6.45, 7) is 1.19. The van der Waals surface area contributed by atoms with Crippen LogP contribution in [0.15, 0.2) is 84.0 Å². The average Bonchev–Trinajstić information content (AvgIpc) is 2.68. The zero-order valence-electron chi connectivity index (χ0n) is 14.5. The third kappa shape index (κ3) is 5.63. The molecule has 5 heteroatoms. The Hall–Kier alpha value is -3.34. The van der Waals surface area contributed by atoms with Crippen LogP contribution in [0.4, 0.5) is 0 Å². The molecule has 3 rings (SSSR count). The number of pyridine rings is 1. The van der Waals surface area contributed by atoms with Gasteiger partial charge in [-0.2, -0.15) is 0 Å². The summed E-state index contributed by atoms with van der Waals surface area (Å²) in [6.07, 6.45) is 2.59. The van der Waals surface area contributed by atoms with Gasteiger partial charge in [0, 0.05) is 24.9 Å². The van der Waals surface area contributed by atoms with Gasteiger partial charge in [0.25, 0.3) is 0 Å². The zero-order chi connectivity index (χ0) is 18.0. The molecule has 0 spiro atoms. The molecule has 0 aliphatic carbocycles. The molecule has 3 aromatic rings. The highest BCUT2D eigenvalue weighted by Crippen LogP contribution is 2.22. The quantitative estimate of drug-likeness (QED) is 0.507. The summed E-state index contributed by atoms with van der Waals surface area (Å²) in [5.74, 6) is 2.02. The number of nitrogens with two attached hydrogens (primary N) is 1. The fraction of sp³-hybridized carbons (Fsp3) is 0.143. The number of benzene rings is 2. The van der Waals surface area contributed by atoms with Gasteiger partial charge >= 0.3 is 0 Å². The first-order valence-corrected chi connectivity index (χ1v) is 8.55. The van der Waals surface area contributed by atoms with Crippen molar-refractivity contribution in [3.63, 3.8) is 0 Å². The van der Waals surface area contributed by atoms with E-state index >= 15 is 0 Å². The molecule has 0 fully saturated rings. The SMILES string of the molecule is NC(=NCc1cccc(Oc2ccccc2)c1)NCCc1ccccn1. The number of aromatic nitrogens is 1. The van der Waals surface area contributed by atoms with Gasteiger partial charge in [0.05, 0.1) is 6.54 Å². The van der Waals surface area contributed by atoms with E-state index in [2.05, 4.69) is 15.3 Å². The number of guanidine groups is 1.